The largest absolute Gasteiger partial charge is 0.496 e. The van der Waals surface area contributed by atoms with Gasteiger partial charge in [0.15, 0.2) is 5.83 Å². The van der Waals surface area contributed by atoms with Crippen molar-refractivity contribution in [2.24, 2.45) is 7.05 Å². The first-order valence-corrected chi connectivity index (χ1v) is 12.2. The number of methoxy groups -OCH3 is 1. The van der Waals surface area contributed by atoms with Gasteiger partial charge >= 0.3 is 6.18 Å². The Labute approximate surface area is 237 Å². The molecule has 4 rings (SSSR count). The van der Waals surface area contributed by atoms with E-state index in [1.807, 2.05) is 5.32 Å². The van der Waals surface area contributed by atoms with Gasteiger partial charge in [0.25, 0.3) is 11.8 Å². The summed E-state index contributed by atoms with van der Waals surface area (Å²) in [4.78, 5) is 29.0. The summed E-state index contributed by atoms with van der Waals surface area (Å²) in [6.45, 7) is 3.28. The summed E-state index contributed by atoms with van der Waals surface area (Å²) >= 11 is 0. The Morgan fingerprint density at radius 3 is 2.55 bits per heavy atom. The molecule has 0 spiro atoms. The van der Waals surface area contributed by atoms with Gasteiger partial charge in [-0.25, -0.2) is 9.37 Å². The van der Waals surface area contributed by atoms with Crippen LogP contribution in [0.5, 0.6) is 5.75 Å². The molecule has 0 saturated heterocycles. The molecule has 0 saturated carbocycles. The van der Waals surface area contributed by atoms with Crippen molar-refractivity contribution < 1.29 is 31.9 Å². The van der Waals surface area contributed by atoms with Gasteiger partial charge in [0.05, 0.1) is 40.5 Å². The van der Waals surface area contributed by atoms with E-state index in [1.54, 1.807) is 36.7 Å². The van der Waals surface area contributed by atoms with Crippen LogP contribution in [0.15, 0.2) is 55.0 Å². The number of nitrogens with one attached hydrogen (secondary N) is 2. The van der Waals surface area contributed by atoms with Gasteiger partial charge in [-0.15, -0.1) is 0 Å². The fraction of sp³-hybridized carbons (Fsp3) is 0.172. The van der Waals surface area contributed by atoms with E-state index in [-0.39, 0.29) is 28.4 Å². The van der Waals surface area contributed by atoms with Crippen LogP contribution in [-0.4, -0.2) is 41.2 Å². The zero-order valence-corrected chi connectivity index (χ0v) is 22.6. The Morgan fingerprint density at radius 2 is 1.93 bits per heavy atom. The molecule has 0 atom stereocenters. The van der Waals surface area contributed by atoms with Crippen LogP contribution in [0.3, 0.4) is 0 Å². The lowest BCUT2D eigenvalue weighted by molar-refractivity contribution is -0.123. The number of hydrogen-bond acceptors (Lipinski definition) is 6. The van der Waals surface area contributed by atoms with E-state index < -0.39 is 30.4 Å². The molecule has 4 aromatic rings. The van der Waals surface area contributed by atoms with Crippen molar-refractivity contribution in [3.8, 4) is 34.2 Å². The van der Waals surface area contributed by atoms with E-state index >= 15 is 0 Å². The molecule has 13 heteroatoms. The first-order valence-electron chi connectivity index (χ1n) is 12.2. The summed E-state index contributed by atoms with van der Waals surface area (Å²) < 4.78 is 58.8. The van der Waals surface area contributed by atoms with Crippen LogP contribution >= 0.6 is 0 Å². The summed E-state index contributed by atoms with van der Waals surface area (Å²) in [7, 11) is 2.92. The first kappa shape index (κ1) is 29.6. The van der Waals surface area contributed by atoms with Gasteiger partial charge in [-0.3, -0.25) is 9.59 Å². The normalized spacial score (nSPS) is 11.2. The zero-order valence-electron chi connectivity index (χ0n) is 22.6. The van der Waals surface area contributed by atoms with E-state index in [0.717, 1.165) is 5.56 Å². The van der Waals surface area contributed by atoms with Gasteiger partial charge in [-0.05, 0) is 36.2 Å². The minimum Gasteiger partial charge on any atom is -0.496 e. The van der Waals surface area contributed by atoms with Crippen LogP contribution < -0.4 is 21.1 Å². The number of anilines is 2. The second-order valence-electron chi connectivity index (χ2n) is 9.30. The number of aromatic nitrogens is 2. The van der Waals surface area contributed by atoms with Crippen LogP contribution in [0.25, 0.3) is 33.3 Å². The summed E-state index contributed by atoms with van der Waals surface area (Å²) in [6, 6.07) is 11.4. The average Bonchev–Trinajstić information content (AvgIpc) is 3.24. The number of nitrogen functional groups attached to an aromatic ring is 1. The monoisotopic (exact) mass is 580 g/mol. The number of carbonyl (C=O) groups excluding carboxylic acids is 2. The lowest BCUT2D eigenvalue weighted by Gasteiger charge is -2.16. The number of carbonyl (C=O) groups is 2. The average molecular weight is 581 g/mol. The number of aryl methyl sites for hydroxylation is 2. The maximum atomic E-state index is 13.7. The number of pyridine rings is 1. The molecule has 42 heavy (non-hydrogen) atoms. The summed E-state index contributed by atoms with van der Waals surface area (Å²) in [5.74, 6) is -3.25. The predicted molar refractivity (Wildman–Crippen MR) is 149 cm³/mol. The number of nitriles is 1. The highest BCUT2D eigenvalue weighted by Crippen LogP contribution is 2.46. The molecule has 4 N–H and O–H groups in total. The number of amides is 2. The van der Waals surface area contributed by atoms with E-state index in [2.05, 4.69) is 22.9 Å². The Bertz CT molecular complexity index is 1800. The number of halogens is 4. The number of ether oxygens (including phenoxy) is 1. The smallest absolute Gasteiger partial charge is 0.405 e. The predicted octanol–water partition coefficient (Wildman–Crippen LogP) is 5.39. The standard InChI is InChI=1S/C29H24F4N6O3/c1-14-5-7-18(20(9-14)38-27(40)15(2)30)25-22(23-24(39(25)3)17(11-34)12-36-26(23)35)16-6-8-19(21(10-16)42-4)28(41)37-13-29(31,32)33/h5-10,12H,2,13H2,1,3-4H3,(H2,35,36)(H,37,41)(H,38,40). The Balaban J connectivity index is 2.04. The number of nitrogens with zero attached hydrogens (tertiary/aromatic N) is 3. The molecule has 0 aliphatic carbocycles. The quantitative estimate of drug-likeness (QED) is 0.198. The van der Waals surface area contributed by atoms with E-state index in [9.17, 15) is 32.4 Å². The van der Waals surface area contributed by atoms with Crippen LogP contribution in [0.1, 0.15) is 21.5 Å². The topological polar surface area (TPSA) is 135 Å². The van der Waals surface area contributed by atoms with Crippen molar-refractivity contribution in [3.63, 3.8) is 0 Å². The fourth-order valence-electron chi connectivity index (χ4n) is 4.65. The Kier molecular flexibility index (Phi) is 7.92. The fourth-order valence-corrected chi connectivity index (χ4v) is 4.65. The summed E-state index contributed by atoms with van der Waals surface area (Å²) in [5.41, 5.74) is 9.37. The lowest BCUT2D eigenvalue weighted by Crippen LogP contribution is -2.33. The number of nitrogens with two attached hydrogens (primary N) is 1. The number of rotatable bonds is 7. The van der Waals surface area contributed by atoms with Crippen molar-refractivity contribution in [2.75, 3.05) is 24.7 Å². The highest BCUT2D eigenvalue weighted by atomic mass is 19.4. The lowest BCUT2D eigenvalue weighted by atomic mass is 9.95. The molecule has 2 heterocycles. The molecule has 0 radical (unpaired) electrons. The molecular weight excluding hydrogens is 556 g/mol. The minimum absolute atomic E-state index is 0.0377. The third-order valence-electron chi connectivity index (χ3n) is 6.47. The second kappa shape index (κ2) is 11.2. The third-order valence-corrected chi connectivity index (χ3v) is 6.47. The van der Waals surface area contributed by atoms with Crippen molar-refractivity contribution in [1.29, 1.82) is 5.26 Å². The van der Waals surface area contributed by atoms with Crippen LogP contribution in [0.2, 0.25) is 0 Å². The SMILES string of the molecule is C=C(F)C(=O)Nc1cc(C)ccc1-c1c(-c2ccc(C(=O)NCC(F)(F)F)c(OC)c2)c2c(N)ncc(C#N)c2n1C. The molecule has 2 amide bonds. The third kappa shape index (κ3) is 5.60. The minimum atomic E-state index is -4.61. The Morgan fingerprint density at radius 1 is 1.21 bits per heavy atom. The van der Waals surface area contributed by atoms with Gasteiger partial charge in [0.1, 0.15) is 24.2 Å². The summed E-state index contributed by atoms with van der Waals surface area (Å²) in [6.07, 6.45) is -3.30. The molecule has 0 bridgehead atoms. The molecule has 2 aromatic heterocycles. The van der Waals surface area contributed by atoms with Gasteiger partial charge in [0, 0.05) is 24.4 Å². The number of fused-ring (bicyclic) bond motifs is 1. The van der Waals surface area contributed by atoms with E-state index in [1.165, 1.54) is 31.5 Å². The zero-order chi connectivity index (χ0) is 30.9. The molecule has 216 valence electrons. The highest BCUT2D eigenvalue weighted by molar-refractivity contribution is 6.13. The van der Waals surface area contributed by atoms with Crippen molar-refractivity contribution >= 4 is 34.2 Å². The molecule has 0 fully saturated rings. The highest BCUT2D eigenvalue weighted by Gasteiger charge is 2.29. The van der Waals surface area contributed by atoms with Gasteiger partial charge in [0.2, 0.25) is 0 Å². The van der Waals surface area contributed by atoms with Gasteiger partial charge in [-0.2, -0.15) is 18.4 Å². The van der Waals surface area contributed by atoms with Crippen LogP contribution in [0, 0.1) is 18.3 Å². The van der Waals surface area contributed by atoms with E-state index in [0.29, 0.717) is 33.3 Å². The molecular formula is C29H24F4N6O3. The Hall–Kier alpha value is -5.38. The maximum Gasteiger partial charge on any atom is 0.405 e. The molecule has 2 aromatic carbocycles. The number of alkyl halides is 3. The molecule has 0 aliphatic rings. The maximum absolute atomic E-state index is 13.7. The molecule has 0 aliphatic heterocycles. The molecule has 0 unspecified atom stereocenters. The van der Waals surface area contributed by atoms with E-state index in [4.69, 9.17) is 10.5 Å². The number of hydrogen-bond donors (Lipinski definition) is 3. The second-order valence-corrected chi connectivity index (χ2v) is 9.30. The summed E-state index contributed by atoms with van der Waals surface area (Å²) in [5, 5.41) is 14.5. The van der Waals surface area contributed by atoms with Crippen LogP contribution in [-0.2, 0) is 11.8 Å². The first-order chi connectivity index (χ1) is 19.8. The van der Waals surface area contributed by atoms with Gasteiger partial charge in [-0.1, -0.05) is 24.8 Å². The van der Waals surface area contributed by atoms with Crippen molar-refractivity contribution in [3.05, 3.63) is 71.7 Å². The number of benzene rings is 2. The van der Waals surface area contributed by atoms with Crippen molar-refractivity contribution in [1.82, 2.24) is 14.9 Å². The molecule has 9 nitrogen and oxygen atoms in total. The van der Waals surface area contributed by atoms with Gasteiger partial charge < -0.3 is 25.7 Å². The van der Waals surface area contributed by atoms with Crippen LogP contribution in [0.4, 0.5) is 29.1 Å². The van der Waals surface area contributed by atoms with Crippen molar-refractivity contribution in [2.45, 2.75) is 13.1 Å².